The zero-order valence-electron chi connectivity index (χ0n) is 14.0. The van der Waals surface area contributed by atoms with Crippen LogP contribution in [0.3, 0.4) is 0 Å². The highest BCUT2D eigenvalue weighted by atomic mass is 35.5. The summed E-state index contributed by atoms with van der Waals surface area (Å²) >= 11 is 6.17. The van der Waals surface area contributed by atoms with Gasteiger partial charge in [0.25, 0.3) is 0 Å². The number of ether oxygens (including phenoxy) is 1. The van der Waals surface area contributed by atoms with E-state index in [4.69, 9.17) is 16.3 Å². The van der Waals surface area contributed by atoms with Crippen molar-refractivity contribution in [3.05, 3.63) is 70.8 Å². The van der Waals surface area contributed by atoms with Gasteiger partial charge in [0.1, 0.15) is 22.9 Å². The molecule has 6 nitrogen and oxygen atoms in total. The maximum atomic E-state index is 12.0. The molecule has 0 amide bonds. The molecule has 1 aromatic heterocycles. The van der Waals surface area contributed by atoms with Crippen LogP contribution in [-0.2, 0) is 17.6 Å². The zero-order valence-corrected chi connectivity index (χ0v) is 14.8. The third kappa shape index (κ3) is 3.36. The Bertz CT molecular complexity index is 938. The van der Waals surface area contributed by atoms with Gasteiger partial charge in [-0.25, -0.2) is 9.78 Å². The number of halogens is 1. The van der Waals surface area contributed by atoms with Gasteiger partial charge < -0.3 is 19.5 Å². The van der Waals surface area contributed by atoms with E-state index in [9.17, 15) is 15.0 Å². The molecule has 0 aliphatic rings. The lowest BCUT2D eigenvalue weighted by molar-refractivity contribution is 0.0596. The highest BCUT2D eigenvalue weighted by molar-refractivity contribution is 6.33. The van der Waals surface area contributed by atoms with E-state index in [1.165, 1.54) is 7.11 Å². The summed E-state index contributed by atoms with van der Waals surface area (Å²) in [5, 5.41) is 19.9. The van der Waals surface area contributed by atoms with E-state index in [0.717, 1.165) is 17.6 Å². The first-order chi connectivity index (χ1) is 12.5. The summed E-state index contributed by atoms with van der Waals surface area (Å²) in [4.78, 5) is 16.4. The third-order valence-corrected chi connectivity index (χ3v) is 4.48. The number of esters is 1. The predicted octanol–water partition coefficient (Wildman–Crippen LogP) is 3.51. The maximum Gasteiger partial charge on any atom is 0.341 e. The number of phenols is 2. The van der Waals surface area contributed by atoms with Crippen LogP contribution in [0.2, 0.25) is 5.02 Å². The Morgan fingerprint density at radius 3 is 2.62 bits per heavy atom. The van der Waals surface area contributed by atoms with E-state index in [1.807, 2.05) is 41.1 Å². The number of carbonyl (C=O) groups is 1. The van der Waals surface area contributed by atoms with Gasteiger partial charge in [-0.3, -0.25) is 0 Å². The SMILES string of the molecule is COC(=O)c1c(O)cc(O)c(Cl)c1CCc1nccn1-c1ccccc1. The lowest BCUT2D eigenvalue weighted by atomic mass is 10.0. The van der Waals surface area contributed by atoms with Crippen molar-refractivity contribution in [2.75, 3.05) is 7.11 Å². The summed E-state index contributed by atoms with van der Waals surface area (Å²) in [6, 6.07) is 10.7. The van der Waals surface area contributed by atoms with E-state index in [1.54, 1.807) is 6.20 Å². The molecule has 3 rings (SSSR count). The normalized spacial score (nSPS) is 10.7. The summed E-state index contributed by atoms with van der Waals surface area (Å²) in [5.74, 6) is -0.630. The van der Waals surface area contributed by atoms with Crippen molar-refractivity contribution >= 4 is 17.6 Å². The van der Waals surface area contributed by atoms with Crippen molar-refractivity contribution in [2.24, 2.45) is 0 Å². The van der Waals surface area contributed by atoms with Crippen LogP contribution in [0.4, 0.5) is 0 Å². The summed E-state index contributed by atoms with van der Waals surface area (Å²) in [6.45, 7) is 0. The van der Waals surface area contributed by atoms with Crippen LogP contribution >= 0.6 is 11.6 Å². The standard InChI is InChI=1S/C19H17ClN2O4/c1-26-19(25)17-13(18(20)15(24)11-14(17)23)7-8-16-21-9-10-22(16)12-5-3-2-4-6-12/h2-6,9-11,23-24H,7-8H2,1H3. The smallest absolute Gasteiger partial charge is 0.341 e. The fourth-order valence-electron chi connectivity index (χ4n) is 2.83. The molecule has 0 saturated heterocycles. The Kier molecular flexibility index (Phi) is 5.14. The first kappa shape index (κ1) is 17.8. The molecule has 0 saturated carbocycles. The Morgan fingerprint density at radius 2 is 1.92 bits per heavy atom. The quantitative estimate of drug-likeness (QED) is 0.669. The number of aromatic hydroxyl groups is 2. The largest absolute Gasteiger partial charge is 0.507 e. The minimum atomic E-state index is -0.717. The predicted molar refractivity (Wildman–Crippen MR) is 97.1 cm³/mol. The Balaban J connectivity index is 1.94. The summed E-state index contributed by atoms with van der Waals surface area (Å²) in [7, 11) is 1.22. The van der Waals surface area contributed by atoms with Crippen LogP contribution in [0.25, 0.3) is 5.69 Å². The highest BCUT2D eigenvalue weighted by Crippen LogP contribution is 2.37. The average Bonchev–Trinajstić information content (AvgIpc) is 3.12. The number of nitrogens with zero attached hydrogens (tertiary/aromatic N) is 2. The summed E-state index contributed by atoms with van der Waals surface area (Å²) in [5.41, 5.74) is 1.23. The Hall–Kier alpha value is -2.99. The van der Waals surface area contributed by atoms with Crippen molar-refractivity contribution in [3.8, 4) is 17.2 Å². The van der Waals surface area contributed by atoms with Gasteiger partial charge >= 0.3 is 5.97 Å². The van der Waals surface area contributed by atoms with E-state index in [2.05, 4.69) is 4.98 Å². The van der Waals surface area contributed by atoms with Crippen molar-refractivity contribution < 1.29 is 19.7 Å². The highest BCUT2D eigenvalue weighted by Gasteiger charge is 2.23. The van der Waals surface area contributed by atoms with Gasteiger partial charge in [-0.1, -0.05) is 29.8 Å². The number of hydrogen-bond donors (Lipinski definition) is 2. The minimum Gasteiger partial charge on any atom is -0.507 e. The monoisotopic (exact) mass is 372 g/mol. The fourth-order valence-corrected chi connectivity index (χ4v) is 3.07. The van der Waals surface area contributed by atoms with Crippen LogP contribution < -0.4 is 0 Å². The van der Waals surface area contributed by atoms with Crippen molar-refractivity contribution in [1.29, 1.82) is 0 Å². The number of methoxy groups -OCH3 is 1. The maximum absolute atomic E-state index is 12.0. The minimum absolute atomic E-state index is 0.0148. The van der Waals surface area contributed by atoms with E-state index >= 15 is 0 Å². The molecule has 1 heterocycles. The molecule has 2 aromatic carbocycles. The number of benzene rings is 2. The number of carbonyl (C=O) groups excluding carboxylic acids is 1. The number of para-hydroxylation sites is 1. The lowest BCUT2D eigenvalue weighted by Crippen LogP contribution is -2.09. The third-order valence-electron chi connectivity index (χ3n) is 4.06. The second kappa shape index (κ2) is 7.49. The molecule has 134 valence electrons. The van der Waals surface area contributed by atoms with Gasteiger partial charge in [0.05, 0.1) is 12.1 Å². The molecule has 3 aromatic rings. The summed E-state index contributed by atoms with van der Waals surface area (Å²) in [6.07, 6.45) is 4.25. The molecule has 0 spiro atoms. The van der Waals surface area contributed by atoms with Crippen molar-refractivity contribution in [2.45, 2.75) is 12.8 Å². The molecular formula is C19H17ClN2O4. The number of rotatable bonds is 5. The van der Waals surface area contributed by atoms with Gasteiger partial charge in [0.15, 0.2) is 0 Å². The van der Waals surface area contributed by atoms with Gasteiger partial charge in [-0.2, -0.15) is 0 Å². The number of imidazole rings is 1. The van der Waals surface area contributed by atoms with Crippen LogP contribution in [0.5, 0.6) is 11.5 Å². The fraction of sp³-hybridized carbons (Fsp3) is 0.158. The van der Waals surface area contributed by atoms with Crippen LogP contribution in [0.15, 0.2) is 48.8 Å². The first-order valence-electron chi connectivity index (χ1n) is 7.92. The molecule has 0 radical (unpaired) electrons. The topological polar surface area (TPSA) is 84.6 Å². The molecule has 7 heteroatoms. The number of hydrogen-bond acceptors (Lipinski definition) is 5. The number of phenolic OH excluding ortho intramolecular Hbond substituents is 2. The molecule has 0 fully saturated rings. The van der Waals surface area contributed by atoms with Gasteiger partial charge in [-0.05, 0) is 24.1 Å². The second-order valence-corrected chi connectivity index (χ2v) is 6.00. The summed E-state index contributed by atoms with van der Waals surface area (Å²) < 4.78 is 6.65. The molecule has 0 atom stereocenters. The van der Waals surface area contributed by atoms with Crippen molar-refractivity contribution in [3.63, 3.8) is 0 Å². The van der Waals surface area contributed by atoms with E-state index in [0.29, 0.717) is 12.0 Å². The molecular weight excluding hydrogens is 356 g/mol. The Labute approximate surface area is 155 Å². The first-order valence-corrected chi connectivity index (χ1v) is 8.30. The molecule has 26 heavy (non-hydrogen) atoms. The number of aromatic nitrogens is 2. The molecule has 2 N–H and O–H groups in total. The lowest BCUT2D eigenvalue weighted by Gasteiger charge is -2.14. The Morgan fingerprint density at radius 1 is 1.19 bits per heavy atom. The van der Waals surface area contributed by atoms with Gasteiger partial charge in [-0.15, -0.1) is 0 Å². The van der Waals surface area contributed by atoms with Crippen molar-refractivity contribution in [1.82, 2.24) is 9.55 Å². The zero-order chi connectivity index (χ0) is 18.7. The van der Waals surface area contributed by atoms with E-state index in [-0.39, 0.29) is 28.5 Å². The molecule has 0 aliphatic heterocycles. The van der Waals surface area contributed by atoms with E-state index < -0.39 is 5.97 Å². The molecule has 0 bridgehead atoms. The number of aryl methyl sites for hydroxylation is 1. The average molecular weight is 373 g/mol. The molecule has 0 aliphatic carbocycles. The van der Waals surface area contributed by atoms with Crippen LogP contribution in [0, 0.1) is 0 Å². The van der Waals surface area contributed by atoms with Gasteiger partial charge in [0.2, 0.25) is 0 Å². The molecule has 0 unspecified atom stereocenters. The van der Waals surface area contributed by atoms with Crippen LogP contribution in [-0.4, -0.2) is 32.8 Å². The van der Waals surface area contributed by atoms with Crippen LogP contribution in [0.1, 0.15) is 21.7 Å². The van der Waals surface area contributed by atoms with Gasteiger partial charge in [0, 0.05) is 30.6 Å². The second-order valence-electron chi connectivity index (χ2n) is 5.62.